The Kier molecular flexibility index (Phi) is 4.54. The Morgan fingerprint density at radius 2 is 2.00 bits per heavy atom. The fourth-order valence-corrected chi connectivity index (χ4v) is 2.64. The highest BCUT2D eigenvalue weighted by atomic mass is 79.9. The second-order valence-electron chi connectivity index (χ2n) is 3.79. The first-order valence-electron chi connectivity index (χ1n) is 5.42. The molecule has 0 bridgehead atoms. The summed E-state index contributed by atoms with van der Waals surface area (Å²) in [6.45, 7) is 5.49. The van der Waals surface area contributed by atoms with Crippen LogP contribution in [0.1, 0.15) is 4.88 Å². The van der Waals surface area contributed by atoms with Crippen LogP contribution < -0.4 is 5.32 Å². The molecule has 0 unspecified atom stereocenters. The Balaban J connectivity index is 1.99. The molecular weight excluding hydrogens is 294 g/mol. The molecule has 0 saturated carbocycles. The molecule has 0 saturated heterocycles. The number of thiophene rings is 1. The lowest BCUT2D eigenvalue weighted by atomic mass is 10.1. The third kappa shape index (κ3) is 3.80. The molecule has 0 aliphatic heterocycles. The molecule has 0 radical (unpaired) electrons. The van der Waals surface area contributed by atoms with Gasteiger partial charge in [0.25, 0.3) is 0 Å². The van der Waals surface area contributed by atoms with Gasteiger partial charge in [-0.15, -0.1) is 11.3 Å². The molecule has 3 heteroatoms. The minimum atomic E-state index is 0.804. The zero-order chi connectivity index (χ0) is 12.1. The molecule has 88 valence electrons. The summed E-state index contributed by atoms with van der Waals surface area (Å²) in [6.07, 6.45) is 0. The van der Waals surface area contributed by atoms with Gasteiger partial charge in [-0.1, -0.05) is 52.8 Å². The van der Waals surface area contributed by atoms with E-state index in [0.29, 0.717) is 0 Å². The van der Waals surface area contributed by atoms with Gasteiger partial charge in [0.1, 0.15) is 0 Å². The van der Waals surface area contributed by atoms with Crippen molar-refractivity contribution in [3.63, 3.8) is 0 Å². The average molecular weight is 308 g/mol. The smallest absolute Gasteiger partial charge is 0.0303 e. The van der Waals surface area contributed by atoms with Crippen LogP contribution in [0.15, 0.2) is 52.8 Å². The van der Waals surface area contributed by atoms with E-state index in [0.717, 1.165) is 17.6 Å². The van der Waals surface area contributed by atoms with Crippen LogP contribution in [0.4, 0.5) is 0 Å². The van der Waals surface area contributed by atoms with Gasteiger partial charge < -0.3 is 5.32 Å². The van der Waals surface area contributed by atoms with Gasteiger partial charge in [0.2, 0.25) is 0 Å². The highest BCUT2D eigenvalue weighted by Crippen LogP contribution is 2.25. The molecule has 0 fully saturated rings. The molecular formula is C14H14BrNS. The molecule has 0 spiro atoms. The van der Waals surface area contributed by atoms with Crippen LogP contribution in [0.3, 0.4) is 0 Å². The number of halogens is 1. The topological polar surface area (TPSA) is 12.0 Å². The van der Waals surface area contributed by atoms with Crippen molar-refractivity contribution in [3.05, 3.63) is 57.7 Å². The summed E-state index contributed by atoms with van der Waals surface area (Å²) in [5.74, 6) is 0. The van der Waals surface area contributed by atoms with Crippen LogP contribution in [0.2, 0.25) is 0 Å². The molecule has 0 amide bonds. The normalized spacial score (nSPS) is 10.4. The van der Waals surface area contributed by atoms with E-state index in [1.54, 1.807) is 11.3 Å². The minimum absolute atomic E-state index is 0.804. The van der Waals surface area contributed by atoms with Crippen LogP contribution in [-0.2, 0) is 6.54 Å². The van der Waals surface area contributed by atoms with Crippen molar-refractivity contribution in [2.24, 2.45) is 0 Å². The van der Waals surface area contributed by atoms with E-state index in [-0.39, 0.29) is 0 Å². The van der Waals surface area contributed by atoms with Crippen LogP contribution in [0.5, 0.6) is 0 Å². The predicted molar refractivity (Wildman–Crippen MR) is 79.5 cm³/mol. The quantitative estimate of drug-likeness (QED) is 0.862. The van der Waals surface area contributed by atoms with Crippen molar-refractivity contribution < 1.29 is 0 Å². The van der Waals surface area contributed by atoms with Gasteiger partial charge in [-0.2, -0.15) is 0 Å². The van der Waals surface area contributed by atoms with Crippen LogP contribution in [0, 0.1) is 0 Å². The van der Waals surface area contributed by atoms with Gasteiger partial charge in [0.05, 0.1) is 0 Å². The summed E-state index contributed by atoms with van der Waals surface area (Å²) < 4.78 is 0.984. The molecule has 0 aliphatic rings. The third-order valence-corrected chi connectivity index (χ3v) is 3.59. The summed E-state index contributed by atoms with van der Waals surface area (Å²) in [6, 6.07) is 12.7. The number of hydrogen-bond acceptors (Lipinski definition) is 2. The standard InChI is InChI=1S/C14H14BrNS/c1-11(15)8-16-9-14-7-13(10-17-14)12-5-3-2-4-6-12/h2-7,10,16H,1,8-9H2. The molecule has 1 aromatic heterocycles. The summed E-state index contributed by atoms with van der Waals surface area (Å²) >= 11 is 5.12. The predicted octanol–water partition coefficient (Wildman–Crippen LogP) is 4.41. The fraction of sp³-hybridized carbons (Fsp3) is 0.143. The van der Waals surface area contributed by atoms with Crippen LogP contribution in [0.25, 0.3) is 11.1 Å². The Labute approximate surface area is 114 Å². The minimum Gasteiger partial charge on any atom is -0.307 e. The highest BCUT2D eigenvalue weighted by molar-refractivity contribution is 9.11. The molecule has 17 heavy (non-hydrogen) atoms. The number of hydrogen-bond donors (Lipinski definition) is 1. The second-order valence-corrected chi connectivity index (χ2v) is 5.91. The maximum Gasteiger partial charge on any atom is 0.0303 e. The molecule has 1 N–H and O–H groups in total. The monoisotopic (exact) mass is 307 g/mol. The van der Waals surface area contributed by atoms with Gasteiger partial charge in [0, 0.05) is 22.4 Å². The van der Waals surface area contributed by atoms with Crippen LogP contribution >= 0.6 is 27.3 Å². The van der Waals surface area contributed by atoms with E-state index in [1.165, 1.54) is 16.0 Å². The summed E-state index contributed by atoms with van der Waals surface area (Å²) in [5, 5.41) is 5.53. The summed E-state index contributed by atoms with van der Waals surface area (Å²) in [7, 11) is 0. The zero-order valence-electron chi connectivity index (χ0n) is 9.45. The Morgan fingerprint density at radius 3 is 2.71 bits per heavy atom. The van der Waals surface area contributed by atoms with E-state index < -0.39 is 0 Å². The van der Waals surface area contributed by atoms with Crippen molar-refractivity contribution in [2.75, 3.05) is 6.54 Å². The van der Waals surface area contributed by atoms with Gasteiger partial charge >= 0.3 is 0 Å². The van der Waals surface area contributed by atoms with Crippen molar-refractivity contribution in [1.29, 1.82) is 0 Å². The first-order valence-corrected chi connectivity index (χ1v) is 7.10. The Hall–Kier alpha value is -0.900. The van der Waals surface area contributed by atoms with E-state index in [9.17, 15) is 0 Å². The van der Waals surface area contributed by atoms with Gasteiger partial charge in [0.15, 0.2) is 0 Å². The van der Waals surface area contributed by atoms with Gasteiger partial charge in [-0.25, -0.2) is 0 Å². The largest absolute Gasteiger partial charge is 0.307 e. The number of nitrogens with one attached hydrogen (secondary N) is 1. The molecule has 0 atom stereocenters. The lowest BCUT2D eigenvalue weighted by molar-refractivity contribution is 0.767. The average Bonchev–Trinajstić information content (AvgIpc) is 2.78. The highest BCUT2D eigenvalue weighted by Gasteiger charge is 2.01. The lowest BCUT2D eigenvalue weighted by Crippen LogP contribution is -2.13. The third-order valence-electron chi connectivity index (χ3n) is 2.38. The van der Waals surface area contributed by atoms with Crippen molar-refractivity contribution in [1.82, 2.24) is 5.32 Å². The second kappa shape index (κ2) is 6.15. The van der Waals surface area contributed by atoms with E-state index in [2.05, 4.69) is 63.5 Å². The SMILES string of the molecule is C=C(Br)CNCc1cc(-c2ccccc2)cs1. The molecule has 1 aromatic carbocycles. The van der Waals surface area contributed by atoms with E-state index >= 15 is 0 Å². The maximum atomic E-state index is 3.80. The van der Waals surface area contributed by atoms with E-state index in [4.69, 9.17) is 0 Å². The zero-order valence-corrected chi connectivity index (χ0v) is 11.9. The summed E-state index contributed by atoms with van der Waals surface area (Å²) in [5.41, 5.74) is 2.57. The Morgan fingerprint density at radius 1 is 1.24 bits per heavy atom. The molecule has 1 nitrogen and oxygen atoms in total. The molecule has 2 aromatic rings. The fourth-order valence-electron chi connectivity index (χ4n) is 1.58. The summed E-state index contributed by atoms with van der Waals surface area (Å²) in [4.78, 5) is 1.35. The van der Waals surface area contributed by atoms with Crippen molar-refractivity contribution in [2.45, 2.75) is 6.54 Å². The van der Waals surface area contributed by atoms with Crippen molar-refractivity contribution >= 4 is 27.3 Å². The van der Waals surface area contributed by atoms with Gasteiger partial charge in [-0.3, -0.25) is 0 Å². The molecule has 2 rings (SSSR count). The number of benzene rings is 1. The Bertz CT molecular complexity index is 490. The first kappa shape index (κ1) is 12.6. The first-order chi connectivity index (χ1) is 8.25. The molecule has 0 aliphatic carbocycles. The van der Waals surface area contributed by atoms with E-state index in [1.807, 2.05) is 6.07 Å². The van der Waals surface area contributed by atoms with Crippen molar-refractivity contribution in [3.8, 4) is 11.1 Å². The van der Waals surface area contributed by atoms with Gasteiger partial charge in [-0.05, 0) is 22.6 Å². The lowest BCUT2D eigenvalue weighted by Gasteiger charge is -2.00. The number of rotatable bonds is 5. The maximum absolute atomic E-state index is 3.80. The van der Waals surface area contributed by atoms with Crippen LogP contribution in [-0.4, -0.2) is 6.54 Å². The molecule has 1 heterocycles.